The molecule has 0 heterocycles. The van der Waals surface area contributed by atoms with E-state index in [1.165, 1.54) is 0 Å². The summed E-state index contributed by atoms with van der Waals surface area (Å²) < 4.78 is 148. The molecule has 0 aliphatic carbocycles. The topological polar surface area (TPSA) is 153 Å². The van der Waals surface area contributed by atoms with Crippen molar-refractivity contribution in [1.29, 1.82) is 0 Å². The van der Waals surface area contributed by atoms with Gasteiger partial charge in [-0.2, -0.15) is 30.7 Å². The number of sulfonamides is 1. The van der Waals surface area contributed by atoms with Crippen molar-refractivity contribution in [2.45, 2.75) is 23.3 Å². The predicted molar refractivity (Wildman–Crippen MR) is 62.7 cm³/mol. The molecule has 0 radical (unpaired) electrons. The van der Waals surface area contributed by atoms with E-state index in [0.717, 1.165) is 0 Å². The first-order valence-corrected chi connectivity index (χ1v) is 8.86. The Morgan fingerprint density at radius 3 is 1.85 bits per heavy atom. The summed E-state index contributed by atoms with van der Waals surface area (Å²) in [7, 11) is -10.9. The summed E-state index contributed by atoms with van der Waals surface area (Å²) in [6.45, 7) is -2.34. The lowest BCUT2D eigenvalue weighted by molar-refractivity contribution is -0.318. The average Bonchev–Trinajstić information content (AvgIpc) is 2.40. The van der Waals surface area contributed by atoms with E-state index in [9.17, 15) is 62.0 Å². The monoisotopic (exact) mass is 441 g/mol. The van der Waals surface area contributed by atoms with Crippen molar-refractivity contribution in [2.75, 3.05) is 12.9 Å². The Bertz CT molecular complexity index is 791. The molecule has 0 aromatic heterocycles. The summed E-state index contributed by atoms with van der Waals surface area (Å²) in [6, 6.07) is 0. The van der Waals surface area contributed by atoms with E-state index in [4.69, 9.17) is 0 Å². The van der Waals surface area contributed by atoms with Crippen molar-refractivity contribution in [3.05, 3.63) is 0 Å². The molecule has 0 N–H and O–H groups in total. The number of esters is 1. The van der Waals surface area contributed by atoms with Crippen LogP contribution in [0.15, 0.2) is 4.40 Å². The van der Waals surface area contributed by atoms with E-state index in [0.29, 0.717) is 0 Å². The number of carbonyl (C=O) groups is 1. The summed E-state index contributed by atoms with van der Waals surface area (Å²) in [5, 5.41) is 10.8. The second kappa shape index (κ2) is 7.14. The van der Waals surface area contributed by atoms with Crippen LogP contribution in [-0.4, -0.2) is 69.4 Å². The van der Waals surface area contributed by atoms with Gasteiger partial charge in [0.15, 0.2) is 0 Å². The number of halogens is 7. The fourth-order valence-corrected chi connectivity index (χ4v) is 1.63. The van der Waals surface area contributed by atoms with E-state index < -0.39 is 61.9 Å². The normalized spacial score (nSPS) is 16.3. The van der Waals surface area contributed by atoms with E-state index in [2.05, 4.69) is 4.74 Å². The van der Waals surface area contributed by atoms with Gasteiger partial charge in [-0.05, 0) is 0 Å². The first-order chi connectivity index (χ1) is 11.2. The molecular formula is C8H6F7NO8S2-2. The zero-order valence-electron chi connectivity index (χ0n) is 12.0. The molecule has 0 amide bonds. The van der Waals surface area contributed by atoms with Crippen molar-refractivity contribution in [3.63, 3.8) is 0 Å². The van der Waals surface area contributed by atoms with Gasteiger partial charge in [0, 0.05) is 0 Å². The minimum Gasteiger partial charge on any atom is -0.857 e. The minimum atomic E-state index is -6.93. The summed E-state index contributed by atoms with van der Waals surface area (Å²) in [5.74, 6) is -27.2. The number of rotatable bonds is 8. The zero-order valence-corrected chi connectivity index (χ0v) is 13.6. The number of nitrogens with zero attached hydrogens (tertiary/aromatic N) is 1. The van der Waals surface area contributed by atoms with Crippen LogP contribution in [0.5, 0.6) is 0 Å². The Morgan fingerprint density at radius 1 is 1.08 bits per heavy atom. The fourth-order valence-electron chi connectivity index (χ4n) is 0.983. The molecular weight excluding hydrogens is 435 g/mol. The summed E-state index contributed by atoms with van der Waals surface area (Å²) >= 11 is 0. The third kappa shape index (κ3) is 5.16. The molecule has 18 heteroatoms. The largest absolute Gasteiger partial charge is 0.857 e. The van der Waals surface area contributed by atoms with Crippen molar-refractivity contribution < 1.29 is 66.8 Å². The Hall–Kier alpha value is -1.69. The highest BCUT2D eigenvalue weighted by molar-refractivity contribution is 7.89. The quantitative estimate of drug-likeness (QED) is 0.153. The van der Waals surface area contributed by atoms with Crippen LogP contribution in [0.3, 0.4) is 0 Å². The Kier molecular flexibility index (Phi) is 6.68. The molecule has 1 unspecified atom stereocenters. The van der Waals surface area contributed by atoms with Crippen LogP contribution in [0.25, 0.3) is 0 Å². The van der Waals surface area contributed by atoms with Crippen LogP contribution in [0, 0.1) is 0 Å². The molecule has 1 atom stereocenters. The Balaban J connectivity index is 5.73. The molecule has 0 saturated heterocycles. The molecule has 0 aliphatic heterocycles. The highest BCUT2D eigenvalue weighted by Gasteiger charge is 2.76. The SMILES string of the molecule is CS(=O)(=O)/N=C(\[O-])C(F)(F)C(F)(F)C(F)(F)C(=O)OCC(F)S(=O)(=O)[O-]. The van der Waals surface area contributed by atoms with E-state index in [1.807, 2.05) is 0 Å². The lowest BCUT2D eigenvalue weighted by atomic mass is 10.0. The van der Waals surface area contributed by atoms with Crippen molar-refractivity contribution in [1.82, 2.24) is 0 Å². The molecule has 0 aromatic carbocycles. The maximum atomic E-state index is 13.3. The van der Waals surface area contributed by atoms with Gasteiger partial charge >= 0.3 is 23.7 Å². The number of ether oxygens (including phenoxy) is 1. The molecule has 0 spiro atoms. The summed E-state index contributed by atoms with van der Waals surface area (Å²) in [6.07, 6.45) is -0.0176. The van der Waals surface area contributed by atoms with Crippen molar-refractivity contribution in [2.24, 2.45) is 4.40 Å². The van der Waals surface area contributed by atoms with Gasteiger partial charge in [-0.3, -0.25) is 0 Å². The molecule has 0 saturated carbocycles. The summed E-state index contributed by atoms with van der Waals surface area (Å²) in [5.41, 5.74) is -3.68. The van der Waals surface area contributed by atoms with Crippen LogP contribution in [0.2, 0.25) is 0 Å². The molecule has 0 rings (SSSR count). The third-order valence-corrected chi connectivity index (χ3v) is 3.48. The number of hydrogen-bond donors (Lipinski definition) is 0. The van der Waals surface area contributed by atoms with Gasteiger partial charge in [-0.15, -0.1) is 0 Å². The second-order valence-electron chi connectivity index (χ2n) is 4.35. The molecule has 0 bridgehead atoms. The van der Waals surface area contributed by atoms with Gasteiger partial charge < -0.3 is 14.4 Å². The first-order valence-electron chi connectivity index (χ1n) is 5.54. The van der Waals surface area contributed by atoms with Gasteiger partial charge in [0.25, 0.3) is 0 Å². The van der Waals surface area contributed by atoms with Crippen LogP contribution in [0.1, 0.15) is 0 Å². The van der Waals surface area contributed by atoms with Gasteiger partial charge in [-0.25, -0.2) is 26.0 Å². The maximum Gasteiger partial charge on any atom is 0.411 e. The highest BCUT2D eigenvalue weighted by atomic mass is 32.2. The Morgan fingerprint density at radius 2 is 1.50 bits per heavy atom. The average molecular weight is 441 g/mol. The van der Waals surface area contributed by atoms with Crippen LogP contribution >= 0.6 is 0 Å². The van der Waals surface area contributed by atoms with Crippen LogP contribution in [0.4, 0.5) is 30.7 Å². The number of hydrogen-bond acceptors (Lipinski definition) is 8. The van der Waals surface area contributed by atoms with Crippen LogP contribution < -0.4 is 5.11 Å². The van der Waals surface area contributed by atoms with Crippen molar-refractivity contribution in [3.8, 4) is 0 Å². The molecule has 0 fully saturated rings. The minimum absolute atomic E-state index is 0.0176. The molecule has 26 heavy (non-hydrogen) atoms. The van der Waals surface area contributed by atoms with E-state index in [-0.39, 0.29) is 6.26 Å². The van der Waals surface area contributed by atoms with Crippen LogP contribution in [-0.2, 0) is 29.7 Å². The van der Waals surface area contributed by atoms with E-state index in [1.54, 1.807) is 4.40 Å². The van der Waals surface area contributed by atoms with E-state index >= 15 is 0 Å². The second-order valence-corrected chi connectivity index (χ2v) is 7.50. The van der Waals surface area contributed by atoms with Gasteiger partial charge in [0.2, 0.25) is 15.5 Å². The standard InChI is InChI=1S/C8H8F7NO8S2/c1-25(19,20)16-4(17)6(10,11)8(14,15)7(12,13)5(18)24-2-3(9)26(21,22)23/h3H,2H2,1H3,(H,16,17)(H,21,22,23)/p-2. The van der Waals surface area contributed by atoms with Crippen molar-refractivity contribution >= 4 is 32.0 Å². The molecule has 9 nitrogen and oxygen atoms in total. The lowest BCUT2D eigenvalue weighted by Crippen LogP contribution is -2.63. The van der Waals surface area contributed by atoms with Gasteiger partial charge in [0.1, 0.15) is 16.7 Å². The Labute approximate surface area is 140 Å². The fraction of sp³-hybridized carbons (Fsp3) is 0.750. The predicted octanol–water partition coefficient (Wildman–Crippen LogP) is -1.01. The first kappa shape index (κ1) is 24.3. The maximum absolute atomic E-state index is 13.3. The number of alkyl halides is 7. The van der Waals surface area contributed by atoms with Gasteiger partial charge in [0.05, 0.1) is 12.2 Å². The zero-order chi connectivity index (χ0) is 21.4. The highest BCUT2D eigenvalue weighted by Crippen LogP contribution is 2.46. The smallest absolute Gasteiger partial charge is 0.411 e. The molecule has 154 valence electrons. The van der Waals surface area contributed by atoms with Gasteiger partial charge in [-0.1, -0.05) is 0 Å². The lowest BCUT2D eigenvalue weighted by Gasteiger charge is -2.33. The molecule has 0 aliphatic rings. The summed E-state index contributed by atoms with van der Waals surface area (Å²) in [4.78, 5) is 10.8. The third-order valence-electron chi connectivity index (χ3n) is 2.22. The number of carbonyl (C=O) groups excluding carboxylic acids is 1. The molecule has 0 aromatic rings.